The quantitative estimate of drug-likeness (QED) is 0.629. The van der Waals surface area contributed by atoms with Gasteiger partial charge in [-0.05, 0) is 39.9 Å². The Morgan fingerprint density at radius 2 is 2.23 bits per heavy atom. The fraction of sp³-hybridized carbons (Fsp3) is 0.667. The molecule has 1 aliphatic rings. The molecule has 1 aromatic heterocycles. The first-order chi connectivity index (χ1) is 10.4. The van der Waals surface area contributed by atoms with E-state index >= 15 is 0 Å². The van der Waals surface area contributed by atoms with E-state index in [2.05, 4.69) is 9.97 Å². The van der Waals surface area contributed by atoms with Crippen molar-refractivity contribution >= 4 is 17.9 Å². The van der Waals surface area contributed by atoms with Crippen molar-refractivity contribution in [3.05, 3.63) is 12.3 Å². The van der Waals surface area contributed by atoms with Gasteiger partial charge in [0.2, 0.25) is 5.88 Å². The number of likely N-dealkylation sites (tertiary alicyclic amines) is 1. The Bertz CT molecular complexity index is 519. The van der Waals surface area contributed by atoms with Gasteiger partial charge in [-0.3, -0.25) is 0 Å². The van der Waals surface area contributed by atoms with Crippen LogP contribution in [0.5, 0.6) is 5.88 Å². The second-order valence-electron chi connectivity index (χ2n) is 6.19. The van der Waals surface area contributed by atoms with Crippen molar-refractivity contribution < 1.29 is 14.3 Å². The molecule has 6 nitrogen and oxygen atoms in total. The summed E-state index contributed by atoms with van der Waals surface area (Å²) >= 11 is 1.47. The first-order valence-electron chi connectivity index (χ1n) is 7.39. The van der Waals surface area contributed by atoms with Crippen LogP contribution in [0.1, 0.15) is 33.6 Å². The largest absolute Gasteiger partial charge is 0.472 e. The van der Waals surface area contributed by atoms with Crippen LogP contribution < -0.4 is 4.74 Å². The molecule has 7 heteroatoms. The molecule has 1 unspecified atom stereocenters. The lowest BCUT2D eigenvalue weighted by Gasteiger charge is -2.33. The van der Waals surface area contributed by atoms with Crippen LogP contribution in [0.25, 0.3) is 0 Å². The van der Waals surface area contributed by atoms with Crippen LogP contribution in [0, 0.1) is 0 Å². The van der Waals surface area contributed by atoms with Gasteiger partial charge < -0.3 is 14.4 Å². The van der Waals surface area contributed by atoms with Gasteiger partial charge in [0, 0.05) is 18.8 Å². The number of hydrogen-bond donors (Lipinski definition) is 0. The van der Waals surface area contributed by atoms with Gasteiger partial charge in [0.15, 0.2) is 5.16 Å². The standard InChI is InChI=1S/C15H23N3O3S/c1-15(2,3)21-14(19)18-9-5-6-11(10-18)20-12-7-8-16-13(17-12)22-4/h7-8,11H,5-6,9-10H2,1-4H3. The number of carbonyl (C=O) groups excluding carboxylic acids is 1. The zero-order chi connectivity index (χ0) is 16.2. The Morgan fingerprint density at radius 3 is 2.91 bits per heavy atom. The van der Waals surface area contributed by atoms with Crippen LogP contribution in [-0.4, -0.2) is 52.0 Å². The number of aromatic nitrogens is 2. The molecule has 0 aliphatic carbocycles. The molecule has 122 valence electrons. The molecule has 2 rings (SSSR count). The van der Waals surface area contributed by atoms with Crippen LogP contribution in [0.15, 0.2) is 17.4 Å². The smallest absolute Gasteiger partial charge is 0.410 e. The van der Waals surface area contributed by atoms with Gasteiger partial charge in [-0.15, -0.1) is 0 Å². The van der Waals surface area contributed by atoms with Gasteiger partial charge in [-0.25, -0.2) is 9.78 Å². The summed E-state index contributed by atoms with van der Waals surface area (Å²) < 4.78 is 11.3. The maximum atomic E-state index is 12.1. The average Bonchev–Trinajstić information content (AvgIpc) is 2.46. The molecule has 0 N–H and O–H groups in total. The second kappa shape index (κ2) is 7.17. The highest BCUT2D eigenvalue weighted by atomic mass is 32.2. The molecule has 0 spiro atoms. The highest BCUT2D eigenvalue weighted by Crippen LogP contribution is 2.20. The minimum Gasteiger partial charge on any atom is -0.472 e. The Balaban J connectivity index is 1.94. The second-order valence-corrected chi connectivity index (χ2v) is 6.96. The van der Waals surface area contributed by atoms with E-state index in [1.165, 1.54) is 11.8 Å². The number of thioether (sulfide) groups is 1. The van der Waals surface area contributed by atoms with E-state index in [0.29, 0.717) is 24.1 Å². The monoisotopic (exact) mass is 325 g/mol. The Labute approximate surface area is 135 Å². The predicted molar refractivity (Wildman–Crippen MR) is 85.3 cm³/mol. The summed E-state index contributed by atoms with van der Waals surface area (Å²) in [7, 11) is 0. The zero-order valence-corrected chi connectivity index (χ0v) is 14.4. The number of rotatable bonds is 3. The molecule has 0 saturated carbocycles. The fourth-order valence-corrected chi connectivity index (χ4v) is 2.53. The van der Waals surface area contributed by atoms with Crippen molar-refractivity contribution in [1.29, 1.82) is 0 Å². The number of piperidine rings is 1. The third-order valence-corrected chi connectivity index (χ3v) is 3.67. The maximum absolute atomic E-state index is 12.1. The van der Waals surface area contributed by atoms with E-state index in [4.69, 9.17) is 9.47 Å². The highest BCUT2D eigenvalue weighted by Gasteiger charge is 2.28. The summed E-state index contributed by atoms with van der Waals surface area (Å²) in [5, 5.41) is 0.678. The predicted octanol–water partition coefficient (Wildman–Crippen LogP) is 2.98. The minimum absolute atomic E-state index is 0.0640. The van der Waals surface area contributed by atoms with Gasteiger partial charge in [-0.1, -0.05) is 11.8 Å². The van der Waals surface area contributed by atoms with Crippen LogP contribution in [0.2, 0.25) is 0 Å². The van der Waals surface area contributed by atoms with Gasteiger partial charge >= 0.3 is 6.09 Å². The van der Waals surface area contributed by atoms with E-state index in [0.717, 1.165) is 12.8 Å². The molecule has 1 aliphatic heterocycles. The van der Waals surface area contributed by atoms with Crippen LogP contribution >= 0.6 is 11.8 Å². The normalized spacial score (nSPS) is 18.9. The summed E-state index contributed by atoms with van der Waals surface area (Å²) in [6, 6.07) is 1.74. The number of ether oxygens (including phenoxy) is 2. The molecule has 0 bridgehead atoms. The van der Waals surface area contributed by atoms with E-state index in [9.17, 15) is 4.79 Å². The lowest BCUT2D eigenvalue weighted by atomic mass is 10.1. The van der Waals surface area contributed by atoms with Gasteiger partial charge in [0.25, 0.3) is 0 Å². The fourth-order valence-electron chi connectivity index (χ4n) is 2.19. The summed E-state index contributed by atoms with van der Waals surface area (Å²) in [4.78, 5) is 22.3. The molecule has 22 heavy (non-hydrogen) atoms. The van der Waals surface area contributed by atoms with Crippen molar-refractivity contribution in [1.82, 2.24) is 14.9 Å². The number of nitrogens with zero attached hydrogens (tertiary/aromatic N) is 3. The van der Waals surface area contributed by atoms with E-state index in [-0.39, 0.29) is 12.2 Å². The molecule has 1 fully saturated rings. The maximum Gasteiger partial charge on any atom is 0.410 e. The molecule has 0 radical (unpaired) electrons. The van der Waals surface area contributed by atoms with Crippen LogP contribution in [-0.2, 0) is 4.74 Å². The Hall–Kier alpha value is -1.50. The van der Waals surface area contributed by atoms with Crippen LogP contribution in [0.4, 0.5) is 4.79 Å². The third-order valence-electron chi connectivity index (χ3n) is 3.11. The minimum atomic E-state index is -0.481. The lowest BCUT2D eigenvalue weighted by molar-refractivity contribution is 0.00713. The molecule has 1 amide bonds. The average molecular weight is 325 g/mol. The summed E-state index contributed by atoms with van der Waals surface area (Å²) in [5.74, 6) is 0.551. The van der Waals surface area contributed by atoms with Crippen molar-refractivity contribution in [2.75, 3.05) is 19.3 Å². The van der Waals surface area contributed by atoms with Crippen molar-refractivity contribution in [3.8, 4) is 5.88 Å². The zero-order valence-electron chi connectivity index (χ0n) is 13.5. The SMILES string of the molecule is CSc1nccc(OC2CCCN(C(=O)OC(C)(C)C)C2)n1. The summed E-state index contributed by atoms with van der Waals surface area (Å²) in [6.45, 7) is 6.83. The molecule has 2 heterocycles. The van der Waals surface area contributed by atoms with Crippen molar-refractivity contribution in [2.24, 2.45) is 0 Å². The molecule has 0 aromatic carbocycles. The van der Waals surface area contributed by atoms with Crippen molar-refractivity contribution in [3.63, 3.8) is 0 Å². The molecule has 1 atom stereocenters. The van der Waals surface area contributed by atoms with Gasteiger partial charge in [0.1, 0.15) is 11.7 Å². The van der Waals surface area contributed by atoms with Crippen LogP contribution in [0.3, 0.4) is 0 Å². The number of amides is 1. The van der Waals surface area contributed by atoms with Crippen molar-refractivity contribution in [2.45, 2.75) is 50.5 Å². The summed E-state index contributed by atoms with van der Waals surface area (Å²) in [5.41, 5.74) is -0.481. The first-order valence-corrected chi connectivity index (χ1v) is 8.61. The topological polar surface area (TPSA) is 64.5 Å². The number of hydrogen-bond acceptors (Lipinski definition) is 6. The van der Waals surface area contributed by atoms with E-state index < -0.39 is 5.60 Å². The summed E-state index contributed by atoms with van der Waals surface area (Å²) in [6.07, 6.45) is 5.05. The molecule has 1 saturated heterocycles. The van der Waals surface area contributed by atoms with Gasteiger partial charge in [0.05, 0.1) is 6.54 Å². The number of carbonyl (C=O) groups is 1. The molecule has 1 aromatic rings. The molecular weight excluding hydrogens is 302 g/mol. The first kappa shape index (κ1) is 16.9. The highest BCUT2D eigenvalue weighted by molar-refractivity contribution is 7.98. The van der Waals surface area contributed by atoms with E-state index in [1.54, 1.807) is 17.2 Å². The van der Waals surface area contributed by atoms with E-state index in [1.807, 2.05) is 27.0 Å². The Morgan fingerprint density at radius 1 is 1.45 bits per heavy atom. The third kappa shape index (κ3) is 5.05. The lowest BCUT2D eigenvalue weighted by Crippen LogP contribution is -2.46. The Kier molecular flexibility index (Phi) is 5.50. The van der Waals surface area contributed by atoms with Gasteiger partial charge in [-0.2, -0.15) is 4.98 Å². The molecular formula is C15H23N3O3S.